The highest BCUT2D eigenvalue weighted by Crippen LogP contribution is 2.40. The summed E-state index contributed by atoms with van der Waals surface area (Å²) in [5.41, 5.74) is 0.661. The van der Waals surface area contributed by atoms with E-state index in [4.69, 9.17) is 4.74 Å². The molecule has 0 saturated carbocycles. The molecule has 1 aromatic rings. The lowest BCUT2D eigenvalue weighted by Crippen LogP contribution is -2.18. The van der Waals surface area contributed by atoms with E-state index in [1.807, 2.05) is 0 Å². The SMILES string of the molecule is COc1cccc2c1C(F)(F)CCNC2. The molecule has 82 valence electrons. The van der Waals surface area contributed by atoms with Crippen LogP contribution in [0, 0.1) is 0 Å². The summed E-state index contributed by atoms with van der Waals surface area (Å²) in [4.78, 5) is 0. The Hall–Kier alpha value is -1.16. The van der Waals surface area contributed by atoms with Crippen LogP contribution < -0.4 is 10.1 Å². The third kappa shape index (κ3) is 1.81. The summed E-state index contributed by atoms with van der Waals surface area (Å²) in [6.45, 7) is 0.799. The maximum atomic E-state index is 13.8. The highest BCUT2D eigenvalue weighted by molar-refractivity contribution is 5.44. The topological polar surface area (TPSA) is 21.3 Å². The first-order valence-corrected chi connectivity index (χ1v) is 4.90. The van der Waals surface area contributed by atoms with Crippen molar-refractivity contribution in [3.8, 4) is 5.75 Å². The summed E-state index contributed by atoms with van der Waals surface area (Å²) < 4.78 is 32.6. The van der Waals surface area contributed by atoms with Crippen molar-refractivity contribution in [2.75, 3.05) is 13.7 Å². The maximum absolute atomic E-state index is 13.8. The van der Waals surface area contributed by atoms with E-state index >= 15 is 0 Å². The number of ether oxygens (including phenoxy) is 1. The third-order valence-corrected chi connectivity index (χ3v) is 2.63. The molecule has 0 spiro atoms. The van der Waals surface area contributed by atoms with Crippen LogP contribution in [0.5, 0.6) is 5.75 Å². The van der Waals surface area contributed by atoms with Crippen LogP contribution in [-0.4, -0.2) is 13.7 Å². The highest BCUT2D eigenvalue weighted by Gasteiger charge is 2.37. The van der Waals surface area contributed by atoms with Crippen LogP contribution in [0.15, 0.2) is 18.2 Å². The van der Waals surface area contributed by atoms with Crippen LogP contribution in [0.25, 0.3) is 0 Å². The van der Waals surface area contributed by atoms with Gasteiger partial charge in [0, 0.05) is 19.5 Å². The van der Waals surface area contributed by atoms with Gasteiger partial charge < -0.3 is 10.1 Å². The largest absolute Gasteiger partial charge is 0.496 e. The van der Waals surface area contributed by atoms with E-state index in [0.29, 0.717) is 18.7 Å². The zero-order valence-corrected chi connectivity index (χ0v) is 8.52. The Morgan fingerprint density at radius 1 is 1.40 bits per heavy atom. The quantitative estimate of drug-likeness (QED) is 0.772. The Bertz CT molecular complexity index is 366. The molecular weight excluding hydrogens is 200 g/mol. The molecule has 0 unspecified atom stereocenters. The van der Waals surface area contributed by atoms with Crippen molar-refractivity contribution in [3.05, 3.63) is 29.3 Å². The molecule has 15 heavy (non-hydrogen) atoms. The summed E-state index contributed by atoms with van der Waals surface area (Å²) in [5, 5.41) is 2.97. The van der Waals surface area contributed by atoms with Gasteiger partial charge in [-0.3, -0.25) is 0 Å². The first-order chi connectivity index (χ1) is 7.15. The van der Waals surface area contributed by atoms with E-state index in [1.54, 1.807) is 18.2 Å². The minimum absolute atomic E-state index is 0.0394. The van der Waals surface area contributed by atoms with Crippen molar-refractivity contribution in [2.24, 2.45) is 0 Å². The molecule has 0 atom stereocenters. The van der Waals surface area contributed by atoms with Gasteiger partial charge in [-0.1, -0.05) is 12.1 Å². The van der Waals surface area contributed by atoms with Gasteiger partial charge in [0.2, 0.25) is 0 Å². The molecule has 0 aliphatic carbocycles. The molecule has 4 heteroatoms. The average Bonchev–Trinajstić information content (AvgIpc) is 2.37. The fraction of sp³-hybridized carbons (Fsp3) is 0.455. The average molecular weight is 213 g/mol. The summed E-state index contributed by atoms with van der Waals surface area (Å²) in [6.07, 6.45) is -0.180. The van der Waals surface area contributed by atoms with Crippen LogP contribution in [0.1, 0.15) is 17.5 Å². The van der Waals surface area contributed by atoms with Crippen molar-refractivity contribution in [1.29, 1.82) is 0 Å². The number of benzene rings is 1. The number of alkyl halides is 2. The second-order valence-electron chi connectivity index (χ2n) is 3.63. The summed E-state index contributed by atoms with van der Waals surface area (Å²) >= 11 is 0. The van der Waals surface area contributed by atoms with Crippen LogP contribution >= 0.6 is 0 Å². The molecule has 0 radical (unpaired) electrons. The molecule has 1 aliphatic heterocycles. The molecule has 1 aliphatic rings. The number of methoxy groups -OCH3 is 1. The third-order valence-electron chi connectivity index (χ3n) is 2.63. The minimum atomic E-state index is -2.80. The Labute approximate surface area is 87.2 Å². The monoisotopic (exact) mass is 213 g/mol. The number of nitrogens with one attached hydrogen (secondary N) is 1. The fourth-order valence-corrected chi connectivity index (χ4v) is 1.90. The van der Waals surface area contributed by atoms with Gasteiger partial charge in [-0.05, 0) is 11.6 Å². The molecule has 1 heterocycles. The van der Waals surface area contributed by atoms with Crippen LogP contribution in [0.3, 0.4) is 0 Å². The number of fused-ring (bicyclic) bond motifs is 1. The van der Waals surface area contributed by atoms with Crippen molar-refractivity contribution < 1.29 is 13.5 Å². The van der Waals surface area contributed by atoms with Gasteiger partial charge in [0.25, 0.3) is 5.92 Å². The summed E-state index contributed by atoms with van der Waals surface area (Å²) in [5.74, 6) is -2.52. The van der Waals surface area contributed by atoms with Gasteiger partial charge in [0.05, 0.1) is 12.7 Å². The molecule has 0 aromatic heterocycles. The maximum Gasteiger partial charge on any atom is 0.278 e. The Kier molecular flexibility index (Phi) is 2.61. The number of rotatable bonds is 1. The summed E-state index contributed by atoms with van der Waals surface area (Å²) in [7, 11) is 1.42. The first kappa shape index (κ1) is 10.4. The predicted molar refractivity (Wildman–Crippen MR) is 53.2 cm³/mol. The van der Waals surface area contributed by atoms with E-state index in [-0.39, 0.29) is 17.7 Å². The first-order valence-electron chi connectivity index (χ1n) is 4.90. The minimum Gasteiger partial charge on any atom is -0.496 e. The molecule has 0 fully saturated rings. The van der Waals surface area contributed by atoms with Gasteiger partial charge in [0.1, 0.15) is 5.75 Å². The van der Waals surface area contributed by atoms with Crippen LogP contribution in [0.2, 0.25) is 0 Å². The molecule has 2 nitrogen and oxygen atoms in total. The number of hydrogen-bond acceptors (Lipinski definition) is 2. The molecule has 0 saturated heterocycles. The number of hydrogen-bond donors (Lipinski definition) is 1. The normalized spacial score (nSPS) is 19.1. The smallest absolute Gasteiger partial charge is 0.278 e. The molecule has 2 rings (SSSR count). The zero-order chi connectivity index (χ0) is 10.9. The molecule has 0 amide bonds. The fourth-order valence-electron chi connectivity index (χ4n) is 1.90. The highest BCUT2D eigenvalue weighted by atomic mass is 19.3. The van der Waals surface area contributed by atoms with Crippen molar-refractivity contribution in [3.63, 3.8) is 0 Å². The summed E-state index contributed by atoms with van der Waals surface area (Å²) in [6, 6.07) is 5.03. The van der Waals surface area contributed by atoms with Crippen molar-refractivity contribution >= 4 is 0 Å². The predicted octanol–water partition coefficient (Wildman–Crippen LogP) is 2.28. The molecule has 1 aromatic carbocycles. The molecular formula is C11H13F2NO. The van der Waals surface area contributed by atoms with E-state index in [2.05, 4.69) is 5.32 Å². The number of halogens is 2. The van der Waals surface area contributed by atoms with Crippen LogP contribution in [-0.2, 0) is 12.5 Å². The standard InChI is InChI=1S/C11H13F2NO/c1-15-9-4-2-3-8-7-14-6-5-11(12,13)10(8)9/h2-4,14H,5-7H2,1H3. The van der Waals surface area contributed by atoms with Crippen molar-refractivity contribution in [2.45, 2.75) is 18.9 Å². The Morgan fingerprint density at radius 2 is 2.20 bits per heavy atom. The molecule has 0 bridgehead atoms. The van der Waals surface area contributed by atoms with Gasteiger partial charge in [-0.2, -0.15) is 0 Å². The molecule has 1 N–H and O–H groups in total. The van der Waals surface area contributed by atoms with Gasteiger partial charge >= 0.3 is 0 Å². The van der Waals surface area contributed by atoms with Gasteiger partial charge in [-0.15, -0.1) is 0 Å². The second-order valence-corrected chi connectivity index (χ2v) is 3.63. The van der Waals surface area contributed by atoms with E-state index in [0.717, 1.165) is 0 Å². The van der Waals surface area contributed by atoms with Crippen molar-refractivity contribution in [1.82, 2.24) is 5.32 Å². The van der Waals surface area contributed by atoms with E-state index in [9.17, 15) is 8.78 Å². The van der Waals surface area contributed by atoms with Gasteiger partial charge in [0.15, 0.2) is 0 Å². The van der Waals surface area contributed by atoms with Crippen LogP contribution in [0.4, 0.5) is 8.78 Å². The van der Waals surface area contributed by atoms with Gasteiger partial charge in [-0.25, -0.2) is 8.78 Å². The zero-order valence-electron chi connectivity index (χ0n) is 8.52. The lowest BCUT2D eigenvalue weighted by Gasteiger charge is -2.19. The lowest BCUT2D eigenvalue weighted by atomic mass is 9.99. The second kappa shape index (κ2) is 3.77. The Balaban J connectivity index is 2.57. The Morgan fingerprint density at radius 3 is 2.93 bits per heavy atom. The lowest BCUT2D eigenvalue weighted by molar-refractivity contribution is -0.0127. The van der Waals surface area contributed by atoms with E-state index in [1.165, 1.54) is 7.11 Å². The van der Waals surface area contributed by atoms with E-state index < -0.39 is 5.92 Å².